The normalized spacial score (nSPS) is 17.1. The van der Waals surface area contributed by atoms with Crippen molar-refractivity contribution in [2.45, 2.75) is 207 Å². The van der Waals surface area contributed by atoms with E-state index in [1.807, 2.05) is 159 Å². The molecule has 0 radical (unpaired) electrons. The van der Waals surface area contributed by atoms with E-state index in [9.17, 15) is 40.9 Å². The molecule has 0 spiro atoms. The van der Waals surface area contributed by atoms with Crippen LogP contribution in [-0.4, -0.2) is 148 Å². The summed E-state index contributed by atoms with van der Waals surface area (Å²) in [5, 5.41) is 90.6. The average molecular weight is 1570 g/mol. The Bertz CT molecular complexity index is 3400. The number of benzene rings is 8. The second kappa shape index (κ2) is 39.6. The van der Waals surface area contributed by atoms with E-state index in [4.69, 9.17) is 84.3 Å². The first kappa shape index (κ1) is 95.0. The third-order valence-corrected chi connectivity index (χ3v) is 16.4. The van der Waals surface area contributed by atoms with Gasteiger partial charge in [-0.15, -0.1) is 46.4 Å². The smallest absolute Gasteiger partial charge is 0.870 e. The molecule has 0 atom stereocenters. The predicted molar refractivity (Wildman–Crippen MR) is 411 cm³/mol. The Balaban J connectivity index is 0.000000309. The van der Waals surface area contributed by atoms with E-state index < -0.39 is 0 Å². The molecule has 0 bridgehead atoms. The van der Waals surface area contributed by atoms with E-state index in [1.165, 1.54) is 0 Å². The summed E-state index contributed by atoms with van der Waals surface area (Å²) in [6.07, 6.45) is 6.65. The van der Waals surface area contributed by atoms with E-state index in [-0.39, 0.29) is 194 Å². The summed E-state index contributed by atoms with van der Waals surface area (Å²) in [5.74, 6) is 4.34. The molecule has 8 aliphatic heterocycles. The average Bonchev–Trinajstić information content (AvgIpc) is 1.73. The zero-order chi connectivity index (χ0) is 75.6. The van der Waals surface area contributed by atoms with Gasteiger partial charge in [-0.3, -0.25) is 0 Å². The molecular weight excluding hydrogens is 1480 g/mol. The molecule has 8 aliphatic rings. The second-order valence-electron chi connectivity index (χ2n) is 30.5. The third kappa shape index (κ3) is 27.1. The first-order valence-electron chi connectivity index (χ1n) is 33.6. The Morgan fingerprint density at radius 2 is 0.292 bits per heavy atom. The van der Waals surface area contributed by atoms with Crippen LogP contribution in [0.2, 0.25) is 0 Å². The molecule has 16 nitrogen and oxygen atoms in total. The summed E-state index contributed by atoms with van der Waals surface area (Å²) >= 11 is 19.1. The number of halogens is 4. The van der Waals surface area contributed by atoms with Crippen molar-refractivity contribution >= 4 is 139 Å². The van der Waals surface area contributed by atoms with E-state index >= 15 is 0 Å². The Kier molecular flexibility index (Phi) is 35.5. The number of alkyl halides is 4. The second-order valence-corrected chi connectivity index (χ2v) is 32.1. The summed E-state index contributed by atoms with van der Waals surface area (Å²) in [7, 11) is 0. The molecule has 0 saturated heterocycles. The van der Waals surface area contributed by atoms with Crippen LogP contribution in [0.1, 0.15) is 155 Å². The van der Waals surface area contributed by atoms with Gasteiger partial charge in [-0.25, -0.2) is 0 Å². The molecule has 8 aromatic carbocycles. The molecule has 16 rings (SSSR count). The van der Waals surface area contributed by atoms with Crippen molar-refractivity contribution in [3.05, 3.63) is 190 Å². The standard InChI is InChI=1S/8C10H12O2.2CH2Cl2.4Mg/c8*1-10(2)6-7-4-3-5-8(11)9(7)12-10;2*2-1-3;;;;/h8*3-5,11H,6H2,1-2H3;2*1H2;;;;/q;;;;;;;;;;4*+2/p-8. The number of fused-ring (bicyclic) bond motifs is 8. The number of hydrogen-bond acceptors (Lipinski definition) is 16. The zero-order valence-corrected chi connectivity index (χ0v) is 72.5. The van der Waals surface area contributed by atoms with Crippen molar-refractivity contribution < 1.29 is 78.7 Å². The Morgan fingerprint density at radius 3 is 0.368 bits per heavy atom. The van der Waals surface area contributed by atoms with Gasteiger partial charge in [0, 0.05) is 51.4 Å². The number of hydrogen-bond donors (Lipinski definition) is 0. The van der Waals surface area contributed by atoms with Crippen molar-refractivity contribution in [1.29, 1.82) is 0 Å². The molecule has 0 aliphatic carbocycles. The van der Waals surface area contributed by atoms with Crippen LogP contribution in [0.4, 0.5) is 0 Å². The number of rotatable bonds is 0. The molecular formula is C82H92Cl4Mg4O16. The monoisotopic (exact) mass is 1570 g/mol. The Morgan fingerprint density at radius 1 is 0.208 bits per heavy atom. The van der Waals surface area contributed by atoms with E-state index in [0.717, 1.165) is 95.9 Å². The summed E-state index contributed by atoms with van der Waals surface area (Å²) in [6, 6.07) is 42.2. The van der Waals surface area contributed by atoms with E-state index in [0.29, 0.717) is 46.0 Å². The van der Waals surface area contributed by atoms with Crippen LogP contribution >= 0.6 is 46.4 Å². The van der Waals surface area contributed by atoms with Gasteiger partial charge in [-0.05, 0) is 155 Å². The maximum absolute atomic E-state index is 11.3. The fraction of sp³-hybridized carbons (Fsp3) is 0.415. The molecule has 0 N–H and O–H groups in total. The van der Waals surface area contributed by atoms with Crippen molar-refractivity contribution in [3.8, 4) is 92.0 Å². The maximum atomic E-state index is 11.3. The van der Waals surface area contributed by atoms with Gasteiger partial charge in [0.1, 0.15) is 90.8 Å². The van der Waals surface area contributed by atoms with Crippen molar-refractivity contribution in [2.75, 3.05) is 10.7 Å². The SMILES string of the molecule is CC1(C)Cc2cccc([O-])c2O1.CC1(C)Cc2cccc([O-])c2O1.CC1(C)Cc2cccc([O-])c2O1.CC1(C)Cc2cccc([O-])c2O1.CC1(C)Cc2cccc([O-])c2O1.CC1(C)Cc2cccc([O-])c2O1.CC1(C)Cc2cccc([O-])c2O1.CC1(C)Cc2cccc([O-])c2O1.ClCCl.ClCCl.[Mg+2].[Mg+2].[Mg+2].[Mg+2]. The molecule has 0 amide bonds. The van der Waals surface area contributed by atoms with Crippen LogP contribution in [0, 0.1) is 0 Å². The maximum Gasteiger partial charge on any atom is 2.00 e. The van der Waals surface area contributed by atoms with Crippen LogP contribution in [0.5, 0.6) is 92.0 Å². The van der Waals surface area contributed by atoms with Crippen molar-refractivity contribution in [3.63, 3.8) is 0 Å². The van der Waals surface area contributed by atoms with Gasteiger partial charge in [-0.2, -0.15) is 0 Å². The quantitative estimate of drug-likeness (QED) is 0.101. The minimum Gasteiger partial charge on any atom is -0.870 e. The van der Waals surface area contributed by atoms with Crippen LogP contribution in [-0.2, 0) is 51.4 Å². The Labute approximate surface area is 710 Å². The summed E-state index contributed by atoms with van der Waals surface area (Å²) in [6.45, 7) is 31.9. The van der Waals surface area contributed by atoms with Gasteiger partial charge in [0.05, 0.1) is 10.7 Å². The van der Waals surface area contributed by atoms with Gasteiger partial charge in [-0.1, -0.05) is 192 Å². The van der Waals surface area contributed by atoms with Gasteiger partial charge in [0.15, 0.2) is 0 Å². The fourth-order valence-corrected chi connectivity index (χ4v) is 12.7. The summed E-state index contributed by atoms with van der Waals surface area (Å²) in [4.78, 5) is 0. The molecule has 106 heavy (non-hydrogen) atoms. The summed E-state index contributed by atoms with van der Waals surface area (Å²) < 4.78 is 44.1. The fourth-order valence-electron chi connectivity index (χ4n) is 12.7. The van der Waals surface area contributed by atoms with Gasteiger partial charge < -0.3 is 78.7 Å². The zero-order valence-electron chi connectivity index (χ0n) is 63.8. The third-order valence-electron chi connectivity index (χ3n) is 16.4. The molecule has 552 valence electrons. The molecule has 24 heteroatoms. The molecule has 8 aromatic rings. The molecule has 0 unspecified atom stereocenters. The van der Waals surface area contributed by atoms with Gasteiger partial charge in [0.25, 0.3) is 0 Å². The van der Waals surface area contributed by atoms with Crippen LogP contribution in [0.15, 0.2) is 146 Å². The first-order valence-corrected chi connectivity index (χ1v) is 35.7. The van der Waals surface area contributed by atoms with E-state index in [1.54, 1.807) is 97.1 Å². The number of para-hydroxylation sites is 8. The van der Waals surface area contributed by atoms with Gasteiger partial charge >= 0.3 is 92.2 Å². The minimum atomic E-state index is -0.206. The van der Waals surface area contributed by atoms with Gasteiger partial charge in [0.2, 0.25) is 0 Å². The van der Waals surface area contributed by atoms with E-state index in [2.05, 4.69) is 0 Å². The van der Waals surface area contributed by atoms with Crippen molar-refractivity contribution in [2.24, 2.45) is 0 Å². The molecule has 8 heterocycles. The van der Waals surface area contributed by atoms with Crippen LogP contribution < -0.4 is 78.7 Å². The summed E-state index contributed by atoms with van der Waals surface area (Å²) in [5.41, 5.74) is 6.63. The first-order chi connectivity index (χ1) is 47.5. The largest absolute Gasteiger partial charge is 2.00 e. The van der Waals surface area contributed by atoms with Crippen LogP contribution in [0.25, 0.3) is 0 Å². The molecule has 0 fully saturated rings. The topological polar surface area (TPSA) is 258 Å². The van der Waals surface area contributed by atoms with Crippen LogP contribution in [0.3, 0.4) is 0 Å². The Hall–Kier alpha value is -5.22. The van der Waals surface area contributed by atoms with Crippen molar-refractivity contribution in [1.82, 2.24) is 0 Å². The molecule has 0 saturated carbocycles. The molecule has 0 aromatic heterocycles. The minimum absolute atomic E-state index is 0. The predicted octanol–water partition coefficient (Wildman–Crippen LogP) is 13.1. The number of ether oxygens (including phenoxy) is 8.